The number of amides is 2. The van der Waals surface area contributed by atoms with Crippen LogP contribution in [0.4, 0.5) is 10.5 Å². The average molecular weight is 477 g/mol. The van der Waals surface area contributed by atoms with Crippen LogP contribution in [-0.2, 0) is 45.1 Å². The van der Waals surface area contributed by atoms with Crippen LogP contribution in [0.25, 0.3) is 0 Å². The molecule has 1 unspecified atom stereocenters. The fraction of sp³-hybridized carbons (Fsp3) is 0.545. The molecule has 0 radical (unpaired) electrons. The molecule has 180 valence electrons. The minimum absolute atomic E-state index is 0.0245. The van der Waals surface area contributed by atoms with Gasteiger partial charge in [0.1, 0.15) is 17.6 Å². The Morgan fingerprint density at radius 1 is 1.30 bits per heavy atom. The third kappa shape index (κ3) is 5.21. The molecule has 0 fully saturated rings. The lowest BCUT2D eigenvalue weighted by atomic mass is 9.99. The van der Waals surface area contributed by atoms with Crippen molar-refractivity contribution in [1.82, 2.24) is 5.32 Å². The van der Waals surface area contributed by atoms with Gasteiger partial charge in [0.15, 0.2) is 9.92 Å². The van der Waals surface area contributed by atoms with Gasteiger partial charge in [0.2, 0.25) is 5.90 Å². The van der Waals surface area contributed by atoms with Gasteiger partial charge in [-0.2, -0.15) is 0 Å². The summed E-state index contributed by atoms with van der Waals surface area (Å²) in [6.07, 6.45) is 6.76. The van der Waals surface area contributed by atoms with E-state index < -0.39 is 15.9 Å². The van der Waals surface area contributed by atoms with Crippen LogP contribution in [0.15, 0.2) is 26.5 Å². The van der Waals surface area contributed by atoms with E-state index >= 15 is 0 Å². The van der Waals surface area contributed by atoms with Crippen molar-refractivity contribution in [2.75, 3.05) is 38.7 Å². The molecule has 10 nitrogen and oxygen atoms in total. The highest BCUT2D eigenvalue weighted by Crippen LogP contribution is 2.38. The fourth-order valence-corrected chi connectivity index (χ4v) is 5.55. The smallest absolute Gasteiger partial charge is 0.354 e. The summed E-state index contributed by atoms with van der Waals surface area (Å²) in [5.41, 5.74) is 11.4. The van der Waals surface area contributed by atoms with Crippen molar-refractivity contribution in [3.05, 3.63) is 39.4 Å². The van der Waals surface area contributed by atoms with Gasteiger partial charge in [-0.3, -0.25) is 0 Å². The van der Waals surface area contributed by atoms with Crippen molar-refractivity contribution in [1.29, 1.82) is 0 Å². The molecule has 0 saturated carbocycles. The molecule has 2 aliphatic carbocycles. The average Bonchev–Trinajstić information content (AvgIpc) is 3.44. The first-order valence-corrected chi connectivity index (χ1v) is 12.9. The Hall–Kier alpha value is -2.47. The number of nitrogens with two attached hydrogens (primary N) is 2. The third-order valence-electron chi connectivity index (χ3n) is 6.15. The molecule has 6 N–H and O–H groups in total. The summed E-state index contributed by atoms with van der Waals surface area (Å²) in [5, 5.41) is 11.8. The number of hydrogen-bond acceptors (Lipinski definition) is 7. The van der Waals surface area contributed by atoms with Gasteiger partial charge in [0, 0.05) is 18.4 Å². The van der Waals surface area contributed by atoms with Crippen LogP contribution < -0.4 is 21.5 Å². The lowest BCUT2D eigenvalue weighted by Gasteiger charge is -2.23. The molecule has 2 amide bonds. The third-order valence-corrected chi connectivity index (χ3v) is 7.53. The highest BCUT2D eigenvalue weighted by atomic mass is 32.2. The van der Waals surface area contributed by atoms with Crippen LogP contribution in [0.5, 0.6) is 0 Å². The minimum Gasteiger partial charge on any atom is -0.474 e. The molecule has 1 aromatic rings. The summed E-state index contributed by atoms with van der Waals surface area (Å²) in [6, 6.07) is 1.51. The Balaban J connectivity index is 1.51. The van der Waals surface area contributed by atoms with Gasteiger partial charge in [0.05, 0.1) is 13.2 Å². The van der Waals surface area contributed by atoms with E-state index in [1.165, 1.54) is 11.1 Å². The monoisotopic (exact) mass is 476 g/mol. The van der Waals surface area contributed by atoms with Crippen LogP contribution in [0, 0.1) is 0 Å². The molecule has 1 heterocycles. The number of aryl methyl sites for hydroxylation is 2. The second-order valence-electron chi connectivity index (χ2n) is 8.41. The fourth-order valence-electron chi connectivity index (χ4n) is 4.60. The zero-order valence-corrected chi connectivity index (χ0v) is 19.7. The van der Waals surface area contributed by atoms with Gasteiger partial charge < -0.3 is 25.8 Å². The van der Waals surface area contributed by atoms with Gasteiger partial charge in [-0.15, -0.1) is 4.36 Å². The van der Waals surface area contributed by atoms with Crippen LogP contribution >= 0.6 is 0 Å². The number of hydrogen-bond donors (Lipinski definition) is 4. The summed E-state index contributed by atoms with van der Waals surface area (Å²) in [6.45, 7) is 1.74. The first-order chi connectivity index (χ1) is 15.9. The zero-order chi connectivity index (χ0) is 23.4. The molecule has 0 spiro atoms. The normalized spacial score (nSPS) is 21.5. The van der Waals surface area contributed by atoms with Gasteiger partial charge >= 0.3 is 6.03 Å². The summed E-state index contributed by atoms with van der Waals surface area (Å²) in [4.78, 5) is 17.0. The first-order valence-electron chi connectivity index (χ1n) is 11.3. The maximum atomic E-state index is 13.2. The van der Waals surface area contributed by atoms with Crippen molar-refractivity contribution < 1.29 is 18.5 Å². The van der Waals surface area contributed by atoms with Gasteiger partial charge in [-0.25, -0.2) is 19.1 Å². The number of carbonyl (C=O) groups excluding carboxylic acids is 1. The molecule has 0 aromatic heterocycles. The number of nitrogens with zero attached hydrogens (tertiary/aromatic N) is 2. The van der Waals surface area contributed by atoms with Crippen molar-refractivity contribution in [3.8, 4) is 0 Å². The van der Waals surface area contributed by atoms with E-state index in [2.05, 4.69) is 26.1 Å². The van der Waals surface area contributed by atoms with Crippen LogP contribution in [0.1, 0.15) is 35.1 Å². The van der Waals surface area contributed by atoms with Gasteiger partial charge in [-0.05, 0) is 67.8 Å². The lowest BCUT2D eigenvalue weighted by Crippen LogP contribution is -2.35. The zero-order valence-electron chi connectivity index (χ0n) is 18.9. The molecule has 33 heavy (non-hydrogen) atoms. The Labute approximate surface area is 194 Å². The van der Waals surface area contributed by atoms with Crippen LogP contribution in [0.2, 0.25) is 0 Å². The quantitative estimate of drug-likeness (QED) is 0.436. The van der Waals surface area contributed by atoms with Crippen molar-refractivity contribution in [3.63, 3.8) is 0 Å². The number of benzene rings is 1. The van der Waals surface area contributed by atoms with E-state index in [0.29, 0.717) is 19.7 Å². The number of likely N-dealkylation sites (N-methyl/N-ethyl adjacent to an activating group) is 1. The minimum atomic E-state index is -3.67. The summed E-state index contributed by atoms with van der Waals surface area (Å²) < 4.78 is 28.2. The number of ether oxygens (including phenoxy) is 2. The predicted molar refractivity (Wildman–Crippen MR) is 128 cm³/mol. The summed E-state index contributed by atoms with van der Waals surface area (Å²) in [7, 11) is -1.83. The van der Waals surface area contributed by atoms with E-state index in [1.54, 1.807) is 0 Å². The maximum absolute atomic E-state index is 13.2. The molecule has 1 aliphatic heterocycles. The molecule has 2 atom stereocenters. The standard InChI is InChI=1S/C22H32N6O4S/c1-25-8-9-31-16-12-26-21(32-13-16)19(11-23)33(24,30)28-22(29)27-20-17-6-2-4-14(17)10-15-5-3-7-18(15)20/h10-11,16,25H,2-9,12-13,23H2,1H3,(H3,24,27,28,29,30)/t16-,33?/m0/s1. The molecular weight excluding hydrogens is 444 g/mol. The molecule has 4 rings (SSSR count). The Kier molecular flexibility index (Phi) is 7.32. The number of urea groups is 1. The predicted octanol–water partition coefficient (Wildman–Crippen LogP) is 1.37. The molecular formula is C22H32N6O4S. The number of nitrogens with one attached hydrogen (secondary N) is 2. The van der Waals surface area contributed by atoms with E-state index in [0.717, 1.165) is 61.5 Å². The maximum Gasteiger partial charge on any atom is 0.354 e. The molecule has 0 bridgehead atoms. The van der Waals surface area contributed by atoms with E-state index in [9.17, 15) is 9.00 Å². The highest BCUT2D eigenvalue weighted by molar-refractivity contribution is 7.96. The van der Waals surface area contributed by atoms with E-state index in [4.69, 9.17) is 20.3 Å². The van der Waals surface area contributed by atoms with Gasteiger partial charge in [0.25, 0.3) is 0 Å². The van der Waals surface area contributed by atoms with E-state index in [-0.39, 0.29) is 23.5 Å². The molecule has 1 aromatic carbocycles. The summed E-state index contributed by atoms with van der Waals surface area (Å²) >= 11 is 0. The van der Waals surface area contributed by atoms with Crippen molar-refractivity contribution >= 4 is 27.5 Å². The Bertz CT molecular complexity index is 1070. The SMILES string of the molecule is CNCCO[C@H]1CN=C(C(=CN)S(N)(=O)=NC(=O)Nc2c3c(cc4c2CCC4)CCC3)OC1. The second kappa shape index (κ2) is 10.2. The number of anilines is 1. The first kappa shape index (κ1) is 23.7. The number of aliphatic imine (C=N–C) groups is 1. The van der Waals surface area contributed by atoms with Gasteiger partial charge in [-0.1, -0.05) is 6.07 Å². The second-order valence-corrected chi connectivity index (χ2v) is 10.2. The number of rotatable bonds is 7. The molecule has 11 heteroatoms. The van der Waals surface area contributed by atoms with E-state index in [1.807, 2.05) is 7.05 Å². The van der Waals surface area contributed by atoms with Crippen molar-refractivity contribution in [2.45, 2.75) is 44.6 Å². The Morgan fingerprint density at radius 2 is 2.00 bits per heavy atom. The molecule has 3 aliphatic rings. The van der Waals surface area contributed by atoms with Crippen molar-refractivity contribution in [2.24, 2.45) is 20.2 Å². The van der Waals surface area contributed by atoms with Crippen LogP contribution in [-0.4, -0.2) is 55.6 Å². The summed E-state index contributed by atoms with van der Waals surface area (Å²) in [5.74, 6) is 0.0245. The highest BCUT2D eigenvalue weighted by Gasteiger charge is 2.28. The van der Waals surface area contributed by atoms with Crippen LogP contribution in [0.3, 0.4) is 0 Å². The lowest BCUT2D eigenvalue weighted by molar-refractivity contribution is 0.0175. The largest absolute Gasteiger partial charge is 0.474 e. The number of fused-ring (bicyclic) bond motifs is 2. The molecule has 0 saturated heterocycles. The Morgan fingerprint density at radius 3 is 2.58 bits per heavy atom. The number of carbonyl (C=O) groups is 1. The topological polar surface area (TPSA) is 153 Å².